The Morgan fingerprint density at radius 3 is 3.05 bits per heavy atom. The summed E-state index contributed by atoms with van der Waals surface area (Å²) in [5.74, 6) is -0.220. The molecule has 1 aliphatic rings. The van der Waals surface area contributed by atoms with Crippen LogP contribution in [0.25, 0.3) is 0 Å². The van der Waals surface area contributed by atoms with E-state index < -0.39 is 6.04 Å². The topological polar surface area (TPSA) is 64.4 Å². The molecule has 116 valence electrons. The molecule has 1 heterocycles. The molecule has 1 aromatic carbocycles. The molecule has 1 aliphatic heterocycles. The number of carbonyl (C=O) groups is 1. The summed E-state index contributed by atoms with van der Waals surface area (Å²) in [6.07, 6.45) is 2.32. The summed E-state index contributed by atoms with van der Waals surface area (Å²) in [6, 6.07) is 4.01. The Labute approximate surface area is 124 Å². The van der Waals surface area contributed by atoms with Gasteiger partial charge in [0.1, 0.15) is 0 Å². The van der Waals surface area contributed by atoms with Crippen molar-refractivity contribution in [3.05, 3.63) is 29.6 Å². The minimum absolute atomic E-state index is 0.110. The van der Waals surface area contributed by atoms with Gasteiger partial charge in [-0.1, -0.05) is 32.4 Å². The first-order valence-electron chi connectivity index (χ1n) is 7.51. The van der Waals surface area contributed by atoms with Crippen molar-refractivity contribution in [3.63, 3.8) is 0 Å². The van der Waals surface area contributed by atoms with Crippen molar-refractivity contribution in [1.29, 1.82) is 0 Å². The molecule has 1 aromatic rings. The lowest BCUT2D eigenvalue weighted by Gasteiger charge is -2.23. The highest BCUT2D eigenvalue weighted by atomic mass is 19.1. The van der Waals surface area contributed by atoms with E-state index in [1.807, 2.05) is 13.8 Å². The molecule has 4 nitrogen and oxygen atoms in total. The van der Waals surface area contributed by atoms with E-state index in [0.717, 1.165) is 19.3 Å². The quantitative estimate of drug-likeness (QED) is 0.897. The Morgan fingerprint density at radius 1 is 1.57 bits per heavy atom. The van der Waals surface area contributed by atoms with Crippen LogP contribution in [0.5, 0.6) is 5.75 Å². The number of amides is 1. The van der Waals surface area contributed by atoms with Gasteiger partial charge in [-0.2, -0.15) is 0 Å². The average molecular weight is 294 g/mol. The molecule has 5 heteroatoms. The normalized spacial score (nSPS) is 20.7. The largest absolute Gasteiger partial charge is 0.490 e. The molecule has 2 rings (SSSR count). The van der Waals surface area contributed by atoms with Gasteiger partial charge >= 0.3 is 0 Å². The highest BCUT2D eigenvalue weighted by Gasteiger charge is 2.27. The average Bonchev–Trinajstić information content (AvgIpc) is 2.69. The summed E-state index contributed by atoms with van der Waals surface area (Å²) in [7, 11) is 0. The third-order valence-corrected chi connectivity index (χ3v) is 4.13. The summed E-state index contributed by atoms with van der Waals surface area (Å²) in [6.45, 7) is 4.41. The van der Waals surface area contributed by atoms with E-state index in [9.17, 15) is 9.18 Å². The van der Waals surface area contributed by atoms with Gasteiger partial charge in [0.15, 0.2) is 11.6 Å². The summed E-state index contributed by atoms with van der Waals surface area (Å²) in [4.78, 5) is 12.2. The van der Waals surface area contributed by atoms with Crippen LogP contribution in [0.3, 0.4) is 0 Å². The number of para-hydroxylation sites is 1. The fourth-order valence-electron chi connectivity index (χ4n) is 2.50. The number of halogens is 1. The maximum absolute atomic E-state index is 13.8. The van der Waals surface area contributed by atoms with Gasteiger partial charge in [-0.3, -0.25) is 4.79 Å². The van der Waals surface area contributed by atoms with Gasteiger partial charge in [0, 0.05) is 5.56 Å². The zero-order valence-electron chi connectivity index (χ0n) is 12.6. The van der Waals surface area contributed by atoms with Crippen molar-refractivity contribution in [2.45, 2.75) is 45.2 Å². The highest BCUT2D eigenvalue weighted by Crippen LogP contribution is 2.33. The highest BCUT2D eigenvalue weighted by molar-refractivity contribution is 5.82. The van der Waals surface area contributed by atoms with E-state index in [1.165, 1.54) is 6.07 Å². The number of carbonyl (C=O) groups excluding carboxylic acids is 1. The fraction of sp³-hybridized carbons (Fsp3) is 0.562. The lowest BCUT2D eigenvalue weighted by atomic mass is 9.97. The Balaban J connectivity index is 2.17. The number of fused-ring (bicyclic) bond motifs is 1. The lowest BCUT2D eigenvalue weighted by Crippen LogP contribution is -2.45. The molecular formula is C16H23FN2O2. The Kier molecular flexibility index (Phi) is 5.17. The maximum atomic E-state index is 13.8. The summed E-state index contributed by atoms with van der Waals surface area (Å²) < 4.78 is 19.3. The van der Waals surface area contributed by atoms with E-state index in [0.29, 0.717) is 12.2 Å². The van der Waals surface area contributed by atoms with Crippen LogP contribution in [-0.2, 0) is 4.79 Å². The van der Waals surface area contributed by atoms with Crippen LogP contribution in [0.1, 0.15) is 44.7 Å². The molecule has 0 aliphatic carbocycles. The number of nitrogens with two attached hydrogens (primary N) is 1. The third-order valence-electron chi connectivity index (χ3n) is 4.13. The Bertz CT molecular complexity index is 507. The lowest BCUT2D eigenvalue weighted by molar-refractivity contribution is -0.124. The van der Waals surface area contributed by atoms with Crippen LogP contribution in [0.15, 0.2) is 18.2 Å². The van der Waals surface area contributed by atoms with E-state index in [4.69, 9.17) is 10.5 Å². The zero-order valence-corrected chi connectivity index (χ0v) is 12.6. The molecular weight excluding hydrogens is 271 g/mol. The number of nitrogens with one attached hydrogen (secondary N) is 1. The Hall–Kier alpha value is -1.62. The molecule has 0 bridgehead atoms. The van der Waals surface area contributed by atoms with Crippen molar-refractivity contribution >= 4 is 5.91 Å². The number of hydrogen-bond acceptors (Lipinski definition) is 3. The van der Waals surface area contributed by atoms with Gasteiger partial charge in [0.25, 0.3) is 0 Å². The summed E-state index contributed by atoms with van der Waals surface area (Å²) in [5.41, 5.74) is 6.65. The molecule has 3 N–H and O–H groups in total. The number of ether oxygens (including phenoxy) is 1. The second-order valence-electron chi connectivity index (χ2n) is 5.62. The first kappa shape index (κ1) is 15.8. The third kappa shape index (κ3) is 3.53. The van der Waals surface area contributed by atoms with Crippen molar-refractivity contribution in [3.8, 4) is 5.75 Å². The van der Waals surface area contributed by atoms with E-state index >= 15 is 0 Å². The van der Waals surface area contributed by atoms with Crippen LogP contribution in [0, 0.1) is 11.7 Å². The number of hydrogen-bond donors (Lipinski definition) is 2. The first-order valence-corrected chi connectivity index (χ1v) is 7.51. The number of rotatable bonds is 4. The molecule has 0 radical (unpaired) electrons. The molecule has 0 fully saturated rings. The second-order valence-corrected chi connectivity index (χ2v) is 5.62. The van der Waals surface area contributed by atoms with Crippen LogP contribution < -0.4 is 15.8 Å². The molecule has 3 unspecified atom stereocenters. The van der Waals surface area contributed by atoms with Crippen molar-refractivity contribution < 1.29 is 13.9 Å². The van der Waals surface area contributed by atoms with E-state index in [1.54, 1.807) is 12.1 Å². The predicted molar refractivity (Wildman–Crippen MR) is 79.4 cm³/mol. The number of benzene rings is 1. The molecule has 21 heavy (non-hydrogen) atoms. The molecule has 1 amide bonds. The van der Waals surface area contributed by atoms with Gasteiger partial charge in [0.2, 0.25) is 5.91 Å². The van der Waals surface area contributed by atoms with Crippen LogP contribution >= 0.6 is 0 Å². The van der Waals surface area contributed by atoms with Gasteiger partial charge in [-0.15, -0.1) is 0 Å². The second kappa shape index (κ2) is 6.89. The minimum Gasteiger partial charge on any atom is -0.490 e. The molecule has 0 aromatic heterocycles. The van der Waals surface area contributed by atoms with Gasteiger partial charge in [0.05, 0.1) is 18.7 Å². The SMILES string of the molecule is CCC(C)C(N)C(=O)NC1CCCOc2c(F)cccc21. The summed E-state index contributed by atoms with van der Waals surface area (Å²) >= 11 is 0. The zero-order chi connectivity index (χ0) is 15.4. The van der Waals surface area contributed by atoms with Crippen LogP contribution in [-0.4, -0.2) is 18.6 Å². The van der Waals surface area contributed by atoms with Crippen molar-refractivity contribution in [2.75, 3.05) is 6.61 Å². The van der Waals surface area contributed by atoms with E-state index in [2.05, 4.69) is 5.32 Å². The molecule has 0 spiro atoms. The van der Waals surface area contributed by atoms with Crippen LogP contribution in [0.2, 0.25) is 0 Å². The monoisotopic (exact) mass is 294 g/mol. The van der Waals surface area contributed by atoms with Crippen molar-refractivity contribution in [2.24, 2.45) is 11.7 Å². The van der Waals surface area contributed by atoms with Crippen molar-refractivity contribution in [1.82, 2.24) is 5.32 Å². The maximum Gasteiger partial charge on any atom is 0.237 e. The molecule has 0 saturated heterocycles. The predicted octanol–water partition coefficient (Wildman–Crippen LogP) is 2.53. The standard InChI is InChI=1S/C16H23FN2O2/c1-3-10(2)14(18)16(20)19-13-8-5-9-21-15-11(13)6-4-7-12(15)17/h4,6-7,10,13-14H,3,5,8-9,18H2,1-2H3,(H,19,20). The Morgan fingerprint density at radius 2 is 2.33 bits per heavy atom. The molecule has 0 saturated carbocycles. The summed E-state index contributed by atoms with van der Waals surface area (Å²) in [5, 5.41) is 2.95. The smallest absolute Gasteiger partial charge is 0.237 e. The van der Waals surface area contributed by atoms with Crippen LogP contribution in [0.4, 0.5) is 4.39 Å². The van der Waals surface area contributed by atoms with E-state index in [-0.39, 0.29) is 29.4 Å². The van der Waals surface area contributed by atoms with Gasteiger partial charge < -0.3 is 15.8 Å². The fourth-order valence-corrected chi connectivity index (χ4v) is 2.50. The van der Waals surface area contributed by atoms with Gasteiger partial charge in [-0.25, -0.2) is 4.39 Å². The minimum atomic E-state index is -0.545. The first-order chi connectivity index (χ1) is 10.0. The van der Waals surface area contributed by atoms with Gasteiger partial charge in [-0.05, 0) is 24.8 Å². The molecule has 3 atom stereocenters.